The van der Waals surface area contributed by atoms with Crippen LogP contribution in [0.4, 0.5) is 5.69 Å². The van der Waals surface area contributed by atoms with Gasteiger partial charge in [0, 0.05) is 31.5 Å². The molecule has 2 atom stereocenters. The molecule has 2 aromatic rings. The van der Waals surface area contributed by atoms with E-state index in [4.69, 9.17) is 39.5 Å². The molecule has 1 aliphatic carbocycles. The van der Waals surface area contributed by atoms with Crippen LogP contribution < -0.4 is 4.74 Å². The average Bonchev–Trinajstić information content (AvgIpc) is 2.94. The second-order valence-electron chi connectivity index (χ2n) is 7.35. The van der Waals surface area contributed by atoms with Gasteiger partial charge >= 0.3 is 0 Å². The number of benzene rings is 1. The van der Waals surface area contributed by atoms with Crippen molar-refractivity contribution in [2.75, 3.05) is 14.1 Å². The summed E-state index contributed by atoms with van der Waals surface area (Å²) in [6.07, 6.45) is 2.38. The molecule has 0 radical (unpaired) electrons. The lowest BCUT2D eigenvalue weighted by Gasteiger charge is -2.14. The summed E-state index contributed by atoms with van der Waals surface area (Å²) in [7, 11) is 3.78. The molecular weight excluding hydrogens is 451 g/mol. The highest BCUT2D eigenvalue weighted by atomic mass is 35.5. The zero-order valence-electron chi connectivity index (χ0n) is 16.8. The van der Waals surface area contributed by atoms with Gasteiger partial charge in [0.25, 0.3) is 0 Å². The van der Waals surface area contributed by atoms with E-state index in [1.807, 2.05) is 39.8 Å². The molecule has 1 aromatic heterocycles. The Morgan fingerprint density at radius 2 is 2.07 bits per heavy atom. The van der Waals surface area contributed by atoms with Crippen LogP contribution in [0.1, 0.15) is 37.1 Å². The van der Waals surface area contributed by atoms with Crippen LogP contribution in [0.2, 0.25) is 5.02 Å². The molecule has 0 saturated heterocycles. The lowest BCUT2D eigenvalue weighted by molar-refractivity contribution is 0.492. The molecular formula is C20H21Cl3N4OS. The minimum absolute atomic E-state index is 0.00921. The minimum Gasteiger partial charge on any atom is -0.442 e. The quantitative estimate of drug-likeness (QED) is 0.275. The van der Waals surface area contributed by atoms with Gasteiger partial charge in [0.2, 0.25) is 5.06 Å². The number of hydrogen-bond donors (Lipinski definition) is 0. The maximum absolute atomic E-state index is 9.79. The average molecular weight is 472 g/mol. The van der Waals surface area contributed by atoms with E-state index in [9.17, 15) is 5.26 Å². The molecule has 2 unspecified atom stereocenters. The van der Waals surface area contributed by atoms with Gasteiger partial charge in [-0.2, -0.15) is 9.64 Å². The normalized spacial score (nSPS) is 22.5. The van der Waals surface area contributed by atoms with Crippen LogP contribution in [0.25, 0.3) is 0 Å². The molecule has 0 spiro atoms. The fraction of sp³-hybridized carbons (Fsp3) is 0.450. The number of hydrogen-bond acceptors (Lipinski definition) is 5. The number of halogens is 3. The third kappa shape index (κ3) is 3.59. The smallest absolute Gasteiger partial charge is 0.218 e. The fourth-order valence-corrected chi connectivity index (χ4v) is 5.62. The first-order valence-corrected chi connectivity index (χ1v) is 11.0. The molecule has 5 nitrogen and oxygen atoms in total. The van der Waals surface area contributed by atoms with Crippen molar-refractivity contribution in [3.05, 3.63) is 34.0 Å². The molecule has 0 bridgehead atoms. The Hall–Kier alpha value is -1.52. The Morgan fingerprint density at radius 1 is 1.41 bits per heavy atom. The first kappa shape index (κ1) is 22.2. The molecule has 29 heavy (non-hydrogen) atoms. The predicted octanol–water partition coefficient (Wildman–Crippen LogP) is 6.46. The molecule has 3 rings (SSSR count). The number of alkyl halides is 2. The number of ether oxygens (including phenoxy) is 1. The van der Waals surface area contributed by atoms with Crippen LogP contribution in [0.5, 0.6) is 10.8 Å². The second kappa shape index (κ2) is 7.96. The summed E-state index contributed by atoms with van der Waals surface area (Å²) in [5.41, 5.74) is 2.04. The van der Waals surface area contributed by atoms with Crippen LogP contribution in [-0.2, 0) is 5.41 Å². The summed E-state index contributed by atoms with van der Waals surface area (Å²) in [5, 5.41) is 10.6. The van der Waals surface area contributed by atoms with Gasteiger partial charge in [-0.05, 0) is 31.0 Å². The van der Waals surface area contributed by atoms with E-state index in [0.717, 1.165) is 22.8 Å². The molecule has 0 N–H and O–H groups in total. The number of aromatic nitrogens is 1. The molecule has 154 valence electrons. The third-order valence-electron chi connectivity index (χ3n) is 5.43. The maximum atomic E-state index is 9.79. The van der Waals surface area contributed by atoms with E-state index >= 15 is 0 Å². The van der Waals surface area contributed by atoms with Crippen LogP contribution >= 0.6 is 46.3 Å². The van der Waals surface area contributed by atoms with Gasteiger partial charge in [0.1, 0.15) is 21.7 Å². The van der Waals surface area contributed by atoms with Crippen molar-refractivity contribution in [3.8, 4) is 16.9 Å². The summed E-state index contributed by atoms with van der Waals surface area (Å²) in [4.78, 5) is 6.24. The Bertz CT molecular complexity index is 1010. The van der Waals surface area contributed by atoms with Crippen molar-refractivity contribution < 1.29 is 4.74 Å². The van der Waals surface area contributed by atoms with Crippen molar-refractivity contribution in [3.63, 3.8) is 0 Å². The Morgan fingerprint density at radius 3 is 2.59 bits per heavy atom. The lowest BCUT2D eigenvalue weighted by atomic mass is 9.93. The first-order valence-electron chi connectivity index (χ1n) is 9.06. The standard InChI is InChI=1S/C20H21Cl3N4OS/c1-6-19(12(3)20(19,22)23)17-13(9-24)18(29-26-17)28-16-7-11(2)15(8-14(16)21)25-10-27(4)5/h7-8,10,12H,6H2,1-5H3/b25-10-. The first-order chi connectivity index (χ1) is 13.6. The van der Waals surface area contributed by atoms with Crippen LogP contribution in [0, 0.1) is 24.2 Å². The molecule has 1 aliphatic rings. The zero-order valence-corrected chi connectivity index (χ0v) is 19.8. The monoisotopic (exact) mass is 470 g/mol. The molecule has 1 saturated carbocycles. The van der Waals surface area contributed by atoms with E-state index in [0.29, 0.717) is 33.5 Å². The van der Waals surface area contributed by atoms with E-state index in [1.54, 1.807) is 18.5 Å². The van der Waals surface area contributed by atoms with Crippen LogP contribution in [0.3, 0.4) is 0 Å². The minimum atomic E-state index is -0.945. The Labute approximate surface area is 190 Å². The lowest BCUT2D eigenvalue weighted by Crippen LogP contribution is -2.16. The van der Waals surface area contributed by atoms with Gasteiger partial charge in [-0.1, -0.05) is 25.4 Å². The van der Waals surface area contributed by atoms with Gasteiger partial charge in [-0.15, -0.1) is 23.2 Å². The molecule has 1 heterocycles. The highest BCUT2D eigenvalue weighted by Crippen LogP contribution is 2.71. The summed E-state index contributed by atoms with van der Waals surface area (Å²) in [5.74, 6) is 0.433. The Balaban J connectivity index is 1.96. The predicted molar refractivity (Wildman–Crippen MR) is 121 cm³/mol. The highest BCUT2D eigenvalue weighted by molar-refractivity contribution is 7.08. The molecule has 9 heteroatoms. The van der Waals surface area contributed by atoms with Crippen molar-refractivity contribution in [2.45, 2.75) is 36.9 Å². The van der Waals surface area contributed by atoms with Crippen molar-refractivity contribution in [1.82, 2.24) is 9.27 Å². The number of nitriles is 1. The zero-order chi connectivity index (χ0) is 21.6. The molecule has 0 aliphatic heterocycles. The van der Waals surface area contributed by atoms with Gasteiger partial charge in [0.15, 0.2) is 0 Å². The van der Waals surface area contributed by atoms with E-state index in [-0.39, 0.29) is 5.92 Å². The molecule has 1 aromatic carbocycles. The summed E-state index contributed by atoms with van der Waals surface area (Å²) < 4.78 is 9.56. The highest BCUT2D eigenvalue weighted by Gasteiger charge is 2.75. The van der Waals surface area contributed by atoms with Crippen molar-refractivity contribution in [2.24, 2.45) is 10.9 Å². The topological polar surface area (TPSA) is 61.5 Å². The van der Waals surface area contributed by atoms with Gasteiger partial charge in [-0.25, -0.2) is 4.99 Å². The Kier molecular flexibility index (Phi) is 6.08. The van der Waals surface area contributed by atoms with Gasteiger partial charge in [-0.3, -0.25) is 0 Å². The van der Waals surface area contributed by atoms with E-state index in [2.05, 4.69) is 15.4 Å². The number of aryl methyl sites for hydroxylation is 1. The van der Waals surface area contributed by atoms with E-state index < -0.39 is 9.75 Å². The maximum Gasteiger partial charge on any atom is 0.218 e. The van der Waals surface area contributed by atoms with E-state index in [1.165, 1.54) is 0 Å². The van der Waals surface area contributed by atoms with Crippen molar-refractivity contribution >= 4 is 58.4 Å². The molecule has 0 amide bonds. The SMILES string of the molecule is CCC1(c2nsc(Oc3cc(C)c(/N=C\N(C)C)cc3Cl)c2C#N)C(C)C1(Cl)Cl. The van der Waals surface area contributed by atoms with Crippen LogP contribution in [-0.4, -0.2) is 34.0 Å². The largest absolute Gasteiger partial charge is 0.442 e. The second-order valence-corrected chi connectivity index (χ2v) is 9.88. The van der Waals surface area contributed by atoms with Crippen molar-refractivity contribution in [1.29, 1.82) is 5.26 Å². The number of nitrogens with zero attached hydrogens (tertiary/aromatic N) is 4. The number of rotatable bonds is 6. The molecule has 1 fully saturated rings. The summed E-state index contributed by atoms with van der Waals surface area (Å²) in [6, 6.07) is 5.75. The summed E-state index contributed by atoms with van der Waals surface area (Å²) >= 11 is 20.5. The van der Waals surface area contributed by atoms with Gasteiger partial charge in [0.05, 0.1) is 28.2 Å². The number of aliphatic imine (C=N–C) groups is 1. The summed E-state index contributed by atoms with van der Waals surface area (Å²) in [6.45, 7) is 5.89. The third-order valence-corrected chi connectivity index (χ3v) is 7.78. The van der Waals surface area contributed by atoms with Gasteiger partial charge < -0.3 is 9.64 Å². The fourth-order valence-electron chi connectivity index (χ4n) is 3.60. The van der Waals surface area contributed by atoms with Crippen LogP contribution in [0.15, 0.2) is 17.1 Å².